The second-order valence-electron chi connectivity index (χ2n) is 6.80. The quantitative estimate of drug-likeness (QED) is 0.746. The van der Waals surface area contributed by atoms with Crippen LogP contribution >= 0.6 is 11.6 Å². The van der Waals surface area contributed by atoms with Crippen LogP contribution in [0.1, 0.15) is 17.5 Å². The van der Waals surface area contributed by atoms with E-state index in [0.29, 0.717) is 37.6 Å². The summed E-state index contributed by atoms with van der Waals surface area (Å²) in [6, 6.07) is 13.2. The minimum atomic E-state index is -0.572. The van der Waals surface area contributed by atoms with Gasteiger partial charge in [-0.3, -0.25) is 14.5 Å². The van der Waals surface area contributed by atoms with E-state index in [1.807, 2.05) is 35.2 Å². The van der Waals surface area contributed by atoms with Gasteiger partial charge in [-0.05, 0) is 35.7 Å². The van der Waals surface area contributed by atoms with E-state index in [9.17, 15) is 14.0 Å². The highest BCUT2D eigenvalue weighted by Crippen LogP contribution is 2.16. The van der Waals surface area contributed by atoms with Gasteiger partial charge in [-0.25, -0.2) is 4.39 Å². The van der Waals surface area contributed by atoms with Crippen molar-refractivity contribution in [2.45, 2.75) is 25.4 Å². The number of nitrogens with zero attached hydrogens (tertiary/aromatic N) is 1. The average molecular weight is 404 g/mol. The molecule has 5 nitrogen and oxygen atoms in total. The highest BCUT2D eigenvalue weighted by atomic mass is 35.5. The second-order valence-corrected chi connectivity index (χ2v) is 7.21. The van der Waals surface area contributed by atoms with Gasteiger partial charge in [0.25, 0.3) is 0 Å². The number of nitrogens with one attached hydrogen (secondary N) is 2. The Balaban J connectivity index is 1.55. The van der Waals surface area contributed by atoms with Crippen LogP contribution in [0.2, 0.25) is 5.02 Å². The summed E-state index contributed by atoms with van der Waals surface area (Å²) in [6.07, 6.45) is 0.680. The lowest BCUT2D eigenvalue weighted by Gasteiger charge is -2.34. The summed E-state index contributed by atoms with van der Waals surface area (Å²) in [7, 11) is 0. The number of carbonyl (C=O) groups excluding carboxylic acids is 2. The molecule has 1 atom stereocenters. The molecule has 2 aromatic rings. The molecule has 148 valence electrons. The van der Waals surface area contributed by atoms with Gasteiger partial charge in [0.1, 0.15) is 5.82 Å². The number of carbonyl (C=O) groups is 2. The van der Waals surface area contributed by atoms with E-state index in [0.717, 1.165) is 11.1 Å². The zero-order chi connectivity index (χ0) is 19.9. The van der Waals surface area contributed by atoms with Crippen molar-refractivity contribution in [3.8, 4) is 0 Å². The van der Waals surface area contributed by atoms with Crippen molar-refractivity contribution in [1.29, 1.82) is 0 Å². The Kier molecular flexibility index (Phi) is 7.01. The van der Waals surface area contributed by atoms with Crippen LogP contribution in [0.4, 0.5) is 4.39 Å². The topological polar surface area (TPSA) is 61.4 Å². The number of rotatable bonds is 7. The SMILES string of the molecule is O=C(CC1C(=O)NCCN1Cc1cccc(F)c1)NCCc1ccccc1Cl. The summed E-state index contributed by atoms with van der Waals surface area (Å²) >= 11 is 6.12. The van der Waals surface area contributed by atoms with Crippen LogP contribution in [0.15, 0.2) is 48.5 Å². The van der Waals surface area contributed by atoms with E-state index in [1.54, 1.807) is 6.07 Å². The molecule has 3 rings (SSSR count). The first-order valence-electron chi connectivity index (χ1n) is 9.29. The van der Waals surface area contributed by atoms with Gasteiger partial charge < -0.3 is 10.6 Å². The maximum absolute atomic E-state index is 13.4. The summed E-state index contributed by atoms with van der Waals surface area (Å²) < 4.78 is 13.4. The summed E-state index contributed by atoms with van der Waals surface area (Å²) in [4.78, 5) is 26.6. The molecule has 0 aromatic heterocycles. The molecule has 0 saturated carbocycles. The number of hydrogen-bond donors (Lipinski definition) is 2. The maximum Gasteiger partial charge on any atom is 0.237 e. The molecule has 2 aromatic carbocycles. The summed E-state index contributed by atoms with van der Waals surface area (Å²) in [5.41, 5.74) is 1.74. The van der Waals surface area contributed by atoms with Crippen molar-refractivity contribution in [2.75, 3.05) is 19.6 Å². The normalized spacial score (nSPS) is 17.2. The van der Waals surface area contributed by atoms with Gasteiger partial charge >= 0.3 is 0 Å². The molecule has 1 saturated heterocycles. The third-order valence-electron chi connectivity index (χ3n) is 4.77. The maximum atomic E-state index is 13.4. The lowest BCUT2D eigenvalue weighted by atomic mass is 10.1. The van der Waals surface area contributed by atoms with Crippen LogP contribution in [0.5, 0.6) is 0 Å². The predicted molar refractivity (Wildman–Crippen MR) is 106 cm³/mol. The number of hydrogen-bond acceptors (Lipinski definition) is 3. The summed E-state index contributed by atoms with van der Waals surface area (Å²) in [5, 5.41) is 6.33. The minimum Gasteiger partial charge on any atom is -0.356 e. The van der Waals surface area contributed by atoms with E-state index in [4.69, 9.17) is 11.6 Å². The third-order valence-corrected chi connectivity index (χ3v) is 5.14. The van der Waals surface area contributed by atoms with Crippen LogP contribution < -0.4 is 10.6 Å². The Hall–Kier alpha value is -2.44. The van der Waals surface area contributed by atoms with E-state index >= 15 is 0 Å². The molecule has 1 aliphatic rings. The van der Waals surface area contributed by atoms with E-state index in [-0.39, 0.29) is 24.1 Å². The zero-order valence-electron chi connectivity index (χ0n) is 15.5. The van der Waals surface area contributed by atoms with Gasteiger partial charge in [-0.1, -0.05) is 41.9 Å². The molecule has 0 spiro atoms. The number of halogens is 2. The molecule has 1 aliphatic heterocycles. The monoisotopic (exact) mass is 403 g/mol. The van der Waals surface area contributed by atoms with Crippen molar-refractivity contribution in [2.24, 2.45) is 0 Å². The Morgan fingerprint density at radius 3 is 2.86 bits per heavy atom. The Morgan fingerprint density at radius 1 is 1.25 bits per heavy atom. The molecule has 1 fully saturated rings. The molecule has 0 radical (unpaired) electrons. The van der Waals surface area contributed by atoms with E-state index in [2.05, 4.69) is 10.6 Å². The van der Waals surface area contributed by atoms with Gasteiger partial charge in [0, 0.05) is 31.2 Å². The Bertz CT molecular complexity index is 846. The molecule has 28 heavy (non-hydrogen) atoms. The molecule has 2 amide bonds. The smallest absolute Gasteiger partial charge is 0.237 e. The first kappa shape index (κ1) is 20.3. The lowest BCUT2D eigenvalue weighted by molar-refractivity contribution is -0.134. The first-order valence-corrected chi connectivity index (χ1v) is 9.67. The zero-order valence-corrected chi connectivity index (χ0v) is 16.2. The van der Waals surface area contributed by atoms with Gasteiger partial charge in [0.05, 0.1) is 12.5 Å². The first-order chi connectivity index (χ1) is 13.5. The van der Waals surface area contributed by atoms with Crippen LogP contribution in [0, 0.1) is 5.82 Å². The third kappa shape index (κ3) is 5.53. The molecular weight excluding hydrogens is 381 g/mol. The highest BCUT2D eigenvalue weighted by molar-refractivity contribution is 6.31. The molecule has 0 bridgehead atoms. The van der Waals surface area contributed by atoms with Crippen molar-refractivity contribution in [3.63, 3.8) is 0 Å². The predicted octanol–water partition coefficient (Wildman–Crippen LogP) is 2.53. The fourth-order valence-electron chi connectivity index (χ4n) is 3.33. The van der Waals surface area contributed by atoms with Crippen LogP contribution in [-0.4, -0.2) is 42.4 Å². The second kappa shape index (κ2) is 9.66. The molecule has 0 aliphatic carbocycles. The number of benzene rings is 2. The van der Waals surface area contributed by atoms with Gasteiger partial charge in [0.15, 0.2) is 0 Å². The number of piperazine rings is 1. The van der Waals surface area contributed by atoms with Crippen LogP contribution in [0.3, 0.4) is 0 Å². The fraction of sp³-hybridized carbons (Fsp3) is 0.333. The van der Waals surface area contributed by atoms with Crippen molar-refractivity contribution in [3.05, 3.63) is 70.5 Å². The standard InChI is InChI=1S/C21H23ClFN3O2/c22-18-7-2-1-5-16(18)8-9-24-20(27)13-19-21(28)25-10-11-26(19)14-15-4-3-6-17(23)12-15/h1-7,12,19H,8-11,13-14H2,(H,24,27)(H,25,28). The van der Waals surface area contributed by atoms with Crippen molar-refractivity contribution in [1.82, 2.24) is 15.5 Å². The van der Waals surface area contributed by atoms with Crippen molar-refractivity contribution >= 4 is 23.4 Å². The molecule has 1 heterocycles. The van der Waals surface area contributed by atoms with Crippen LogP contribution in [-0.2, 0) is 22.6 Å². The molecular formula is C21H23ClFN3O2. The fourth-order valence-corrected chi connectivity index (χ4v) is 3.56. The Labute approximate surface area is 168 Å². The van der Waals surface area contributed by atoms with E-state index < -0.39 is 6.04 Å². The van der Waals surface area contributed by atoms with Gasteiger partial charge in [-0.15, -0.1) is 0 Å². The van der Waals surface area contributed by atoms with Crippen LogP contribution in [0.25, 0.3) is 0 Å². The average Bonchev–Trinajstić information content (AvgIpc) is 2.66. The molecule has 7 heteroatoms. The van der Waals surface area contributed by atoms with Gasteiger partial charge in [0.2, 0.25) is 11.8 Å². The highest BCUT2D eigenvalue weighted by Gasteiger charge is 2.31. The summed E-state index contributed by atoms with van der Waals surface area (Å²) in [6.45, 7) is 1.99. The molecule has 2 N–H and O–H groups in total. The Morgan fingerprint density at radius 2 is 2.07 bits per heavy atom. The lowest BCUT2D eigenvalue weighted by Crippen LogP contribution is -2.56. The van der Waals surface area contributed by atoms with Crippen molar-refractivity contribution < 1.29 is 14.0 Å². The number of amides is 2. The van der Waals surface area contributed by atoms with E-state index in [1.165, 1.54) is 12.1 Å². The van der Waals surface area contributed by atoms with Gasteiger partial charge in [-0.2, -0.15) is 0 Å². The largest absolute Gasteiger partial charge is 0.356 e. The summed E-state index contributed by atoms with van der Waals surface area (Å²) in [5.74, 6) is -0.685. The molecule has 1 unspecified atom stereocenters. The minimum absolute atomic E-state index is 0.0592.